The summed E-state index contributed by atoms with van der Waals surface area (Å²) in [5.41, 5.74) is 3.64. The molecule has 22 heavy (non-hydrogen) atoms. The summed E-state index contributed by atoms with van der Waals surface area (Å²) >= 11 is 0. The van der Waals surface area contributed by atoms with Crippen LogP contribution in [-0.4, -0.2) is 33.3 Å². The van der Waals surface area contributed by atoms with Gasteiger partial charge in [-0.05, 0) is 31.4 Å². The Morgan fingerprint density at radius 1 is 1.14 bits per heavy atom. The third-order valence-electron chi connectivity index (χ3n) is 4.61. The first-order chi connectivity index (χ1) is 10.8. The van der Waals surface area contributed by atoms with Crippen LogP contribution in [0.4, 0.5) is 5.69 Å². The Kier molecular flexibility index (Phi) is 3.25. The fraction of sp³-hybridized carbons (Fsp3) is 0.353. The molecule has 0 unspecified atom stereocenters. The minimum Gasteiger partial charge on any atom is -0.371 e. The van der Waals surface area contributed by atoms with E-state index in [4.69, 9.17) is 0 Å². The van der Waals surface area contributed by atoms with E-state index in [-0.39, 0.29) is 0 Å². The Morgan fingerprint density at radius 2 is 2.00 bits per heavy atom. The van der Waals surface area contributed by atoms with Crippen molar-refractivity contribution in [1.29, 1.82) is 0 Å². The number of aromatic amines is 1. The normalized spacial score (nSPS) is 16.3. The summed E-state index contributed by atoms with van der Waals surface area (Å²) in [4.78, 5) is 11.3. The van der Waals surface area contributed by atoms with Gasteiger partial charge in [0, 0.05) is 36.3 Å². The molecule has 2 aromatic heterocycles. The van der Waals surface area contributed by atoms with Gasteiger partial charge in [0.2, 0.25) is 0 Å². The summed E-state index contributed by atoms with van der Waals surface area (Å²) < 4.78 is 0. The minimum atomic E-state index is 0.494. The van der Waals surface area contributed by atoms with Crippen LogP contribution in [0.25, 0.3) is 10.9 Å². The third kappa shape index (κ3) is 2.22. The zero-order valence-electron chi connectivity index (χ0n) is 12.7. The van der Waals surface area contributed by atoms with E-state index in [1.165, 1.54) is 16.6 Å². The van der Waals surface area contributed by atoms with Crippen molar-refractivity contribution >= 4 is 16.6 Å². The number of nitrogens with zero attached hydrogens (tertiary/aromatic N) is 4. The molecule has 1 fully saturated rings. The fourth-order valence-electron chi connectivity index (χ4n) is 3.39. The van der Waals surface area contributed by atoms with Crippen LogP contribution in [0.3, 0.4) is 0 Å². The molecule has 1 aliphatic rings. The maximum absolute atomic E-state index is 4.54. The molecule has 1 saturated heterocycles. The summed E-state index contributed by atoms with van der Waals surface area (Å²) in [7, 11) is 0. The summed E-state index contributed by atoms with van der Waals surface area (Å²) in [5.74, 6) is 1.52. The monoisotopic (exact) mass is 293 g/mol. The van der Waals surface area contributed by atoms with E-state index < -0.39 is 0 Å². The van der Waals surface area contributed by atoms with Gasteiger partial charge in [-0.2, -0.15) is 5.10 Å². The van der Waals surface area contributed by atoms with Gasteiger partial charge in [-0.15, -0.1) is 0 Å². The molecule has 0 amide bonds. The number of hydrogen-bond acceptors (Lipinski definition) is 4. The highest BCUT2D eigenvalue weighted by atomic mass is 15.2. The molecule has 3 heterocycles. The van der Waals surface area contributed by atoms with Crippen molar-refractivity contribution in [2.24, 2.45) is 0 Å². The number of benzene rings is 1. The minimum absolute atomic E-state index is 0.494. The average Bonchev–Trinajstić information content (AvgIpc) is 3.10. The molecule has 5 nitrogen and oxygen atoms in total. The lowest BCUT2D eigenvalue weighted by Crippen LogP contribution is -2.33. The first kappa shape index (κ1) is 13.2. The molecule has 0 spiro atoms. The summed E-state index contributed by atoms with van der Waals surface area (Å²) in [5, 5.41) is 8.23. The molecular weight excluding hydrogens is 274 g/mol. The second-order valence-corrected chi connectivity index (χ2v) is 5.93. The molecule has 1 N–H and O–H groups in total. The van der Waals surface area contributed by atoms with Gasteiger partial charge in [0.15, 0.2) is 0 Å². The number of aryl methyl sites for hydroxylation is 1. The van der Waals surface area contributed by atoms with E-state index in [0.717, 1.165) is 37.3 Å². The van der Waals surface area contributed by atoms with Gasteiger partial charge in [0.05, 0.1) is 5.52 Å². The Bertz CT molecular complexity index is 773. The smallest absolute Gasteiger partial charge is 0.137 e. The van der Waals surface area contributed by atoms with Gasteiger partial charge < -0.3 is 4.90 Å². The van der Waals surface area contributed by atoms with Crippen LogP contribution in [0.2, 0.25) is 0 Å². The first-order valence-corrected chi connectivity index (χ1v) is 7.77. The van der Waals surface area contributed by atoms with E-state index in [0.29, 0.717) is 5.92 Å². The van der Waals surface area contributed by atoms with Crippen LogP contribution in [0.15, 0.2) is 36.8 Å². The third-order valence-corrected chi connectivity index (χ3v) is 4.61. The fourth-order valence-corrected chi connectivity index (χ4v) is 3.39. The SMILES string of the molecule is Cc1cccc2c(N3CCC(c4ncn[nH]4)CC3)ccnc12. The molecule has 5 heteroatoms. The molecule has 1 aliphatic heterocycles. The molecule has 0 saturated carbocycles. The predicted molar refractivity (Wildman–Crippen MR) is 87.1 cm³/mol. The second-order valence-electron chi connectivity index (χ2n) is 5.93. The van der Waals surface area contributed by atoms with E-state index in [1.807, 2.05) is 6.20 Å². The Labute approximate surface area is 129 Å². The quantitative estimate of drug-likeness (QED) is 0.789. The number of aromatic nitrogens is 4. The van der Waals surface area contributed by atoms with Crippen molar-refractivity contribution < 1.29 is 0 Å². The first-order valence-electron chi connectivity index (χ1n) is 7.77. The molecule has 1 aromatic carbocycles. The molecule has 4 rings (SSSR count). The standard InChI is InChI=1S/C17H19N5/c1-12-3-2-4-14-15(5-8-18-16(12)14)22-9-6-13(7-10-22)17-19-11-20-21-17/h2-5,8,11,13H,6-7,9-10H2,1H3,(H,19,20,21). The van der Waals surface area contributed by atoms with Gasteiger partial charge in [0.25, 0.3) is 0 Å². The van der Waals surface area contributed by atoms with E-state index in [9.17, 15) is 0 Å². The molecular formula is C17H19N5. The van der Waals surface area contributed by atoms with Crippen LogP contribution in [0, 0.1) is 6.92 Å². The summed E-state index contributed by atoms with van der Waals surface area (Å²) in [6, 6.07) is 8.54. The highest BCUT2D eigenvalue weighted by molar-refractivity contribution is 5.93. The van der Waals surface area contributed by atoms with Crippen molar-refractivity contribution in [3.8, 4) is 0 Å². The zero-order chi connectivity index (χ0) is 14.9. The maximum Gasteiger partial charge on any atom is 0.137 e. The van der Waals surface area contributed by atoms with Gasteiger partial charge in [-0.1, -0.05) is 18.2 Å². The number of H-pyrrole nitrogens is 1. The maximum atomic E-state index is 4.54. The Morgan fingerprint density at radius 3 is 2.77 bits per heavy atom. The molecule has 0 bridgehead atoms. The van der Waals surface area contributed by atoms with E-state index >= 15 is 0 Å². The number of nitrogens with one attached hydrogen (secondary N) is 1. The Hall–Kier alpha value is -2.43. The molecule has 3 aromatic rings. The van der Waals surface area contributed by atoms with Crippen molar-refractivity contribution in [3.05, 3.63) is 48.2 Å². The zero-order valence-corrected chi connectivity index (χ0v) is 12.7. The lowest BCUT2D eigenvalue weighted by Gasteiger charge is -2.33. The second kappa shape index (κ2) is 5.40. The van der Waals surface area contributed by atoms with Gasteiger partial charge in [-0.3, -0.25) is 10.1 Å². The largest absolute Gasteiger partial charge is 0.371 e. The molecule has 112 valence electrons. The number of pyridine rings is 1. The van der Waals surface area contributed by atoms with Crippen LogP contribution >= 0.6 is 0 Å². The van der Waals surface area contributed by atoms with E-state index in [1.54, 1.807) is 6.33 Å². The van der Waals surface area contributed by atoms with Crippen molar-refractivity contribution in [1.82, 2.24) is 20.2 Å². The number of fused-ring (bicyclic) bond motifs is 1. The number of hydrogen-bond donors (Lipinski definition) is 1. The van der Waals surface area contributed by atoms with Crippen LogP contribution in [-0.2, 0) is 0 Å². The van der Waals surface area contributed by atoms with Gasteiger partial charge in [-0.25, -0.2) is 4.98 Å². The number of piperidine rings is 1. The van der Waals surface area contributed by atoms with Gasteiger partial charge in [0.1, 0.15) is 12.2 Å². The van der Waals surface area contributed by atoms with Crippen LogP contribution in [0.5, 0.6) is 0 Å². The predicted octanol–water partition coefficient (Wildman–Crippen LogP) is 3.05. The molecule has 0 aliphatic carbocycles. The number of rotatable bonds is 2. The van der Waals surface area contributed by atoms with Crippen molar-refractivity contribution in [3.63, 3.8) is 0 Å². The molecule has 0 radical (unpaired) electrons. The number of para-hydroxylation sites is 1. The summed E-state index contributed by atoms with van der Waals surface area (Å²) in [6.45, 7) is 4.20. The van der Waals surface area contributed by atoms with Gasteiger partial charge >= 0.3 is 0 Å². The highest BCUT2D eigenvalue weighted by Gasteiger charge is 2.23. The topological polar surface area (TPSA) is 57.7 Å². The van der Waals surface area contributed by atoms with Crippen LogP contribution < -0.4 is 4.90 Å². The highest BCUT2D eigenvalue weighted by Crippen LogP contribution is 2.32. The number of anilines is 1. The van der Waals surface area contributed by atoms with Crippen molar-refractivity contribution in [2.45, 2.75) is 25.7 Å². The molecule has 0 atom stereocenters. The van der Waals surface area contributed by atoms with E-state index in [2.05, 4.69) is 56.3 Å². The summed E-state index contributed by atoms with van der Waals surface area (Å²) in [6.07, 6.45) is 5.73. The van der Waals surface area contributed by atoms with Crippen molar-refractivity contribution in [2.75, 3.05) is 18.0 Å². The lowest BCUT2D eigenvalue weighted by atomic mass is 9.95. The Balaban J connectivity index is 1.60. The average molecular weight is 293 g/mol. The lowest BCUT2D eigenvalue weighted by molar-refractivity contribution is 0.487. The van der Waals surface area contributed by atoms with Crippen LogP contribution in [0.1, 0.15) is 30.1 Å².